The zero-order valence-electron chi connectivity index (χ0n) is 13.7. The number of aromatic amines is 1. The molecular formula is C15H16F3N3O4S. The second kappa shape index (κ2) is 6.15. The van der Waals surface area contributed by atoms with Gasteiger partial charge in [-0.1, -0.05) is 0 Å². The maximum absolute atomic E-state index is 12.6. The van der Waals surface area contributed by atoms with Crippen molar-refractivity contribution in [3.05, 3.63) is 34.2 Å². The fraction of sp³-hybridized carbons (Fsp3) is 0.467. The number of imidazole rings is 1. The van der Waals surface area contributed by atoms with Gasteiger partial charge >= 0.3 is 11.9 Å². The zero-order chi connectivity index (χ0) is 19.3. The molecule has 0 radical (unpaired) electrons. The summed E-state index contributed by atoms with van der Waals surface area (Å²) in [5.41, 5.74) is -0.616. The Kier molecular flexibility index (Phi) is 4.37. The van der Waals surface area contributed by atoms with Crippen molar-refractivity contribution in [1.82, 2.24) is 14.5 Å². The summed E-state index contributed by atoms with van der Waals surface area (Å²) in [5, 5.41) is 0. The van der Waals surface area contributed by atoms with Crippen LogP contribution in [0.1, 0.15) is 16.8 Å². The van der Waals surface area contributed by atoms with Crippen molar-refractivity contribution >= 4 is 26.8 Å². The number of carbonyl (C=O) groups excluding carboxylic acids is 1. The summed E-state index contributed by atoms with van der Waals surface area (Å²) < 4.78 is 61.5. The Hall–Kier alpha value is -2.30. The summed E-state index contributed by atoms with van der Waals surface area (Å²) in [7, 11) is -1.68. The number of H-pyrrole nitrogens is 1. The predicted molar refractivity (Wildman–Crippen MR) is 87.8 cm³/mol. The van der Waals surface area contributed by atoms with Gasteiger partial charge in [-0.2, -0.15) is 13.2 Å². The first kappa shape index (κ1) is 18.5. The molecule has 3 rings (SSSR count). The molecule has 2 aromatic rings. The number of carbonyl (C=O) groups is 1. The van der Waals surface area contributed by atoms with E-state index in [0.29, 0.717) is 11.0 Å². The van der Waals surface area contributed by atoms with E-state index >= 15 is 0 Å². The van der Waals surface area contributed by atoms with Gasteiger partial charge in [-0.3, -0.25) is 9.36 Å². The molecule has 0 aliphatic carbocycles. The Morgan fingerprint density at radius 1 is 1.38 bits per heavy atom. The van der Waals surface area contributed by atoms with Gasteiger partial charge in [0.2, 0.25) is 0 Å². The van der Waals surface area contributed by atoms with Gasteiger partial charge in [0.1, 0.15) is 6.54 Å². The molecule has 11 heteroatoms. The number of aromatic nitrogens is 2. The van der Waals surface area contributed by atoms with Crippen molar-refractivity contribution in [2.24, 2.45) is 0 Å². The van der Waals surface area contributed by atoms with Crippen LogP contribution in [-0.4, -0.2) is 59.5 Å². The maximum atomic E-state index is 12.6. The van der Waals surface area contributed by atoms with Crippen molar-refractivity contribution in [3.8, 4) is 0 Å². The maximum Gasteiger partial charge on any atom is 0.406 e. The molecular weight excluding hydrogens is 375 g/mol. The van der Waals surface area contributed by atoms with E-state index in [1.807, 2.05) is 0 Å². The van der Waals surface area contributed by atoms with Gasteiger partial charge in [-0.05, 0) is 24.6 Å². The van der Waals surface area contributed by atoms with Gasteiger partial charge in [-0.15, -0.1) is 0 Å². The van der Waals surface area contributed by atoms with Crippen LogP contribution in [0.2, 0.25) is 0 Å². The number of fused-ring (bicyclic) bond motifs is 1. The van der Waals surface area contributed by atoms with E-state index in [1.165, 1.54) is 30.1 Å². The van der Waals surface area contributed by atoms with Crippen molar-refractivity contribution in [1.29, 1.82) is 0 Å². The van der Waals surface area contributed by atoms with Crippen LogP contribution in [0.15, 0.2) is 23.0 Å². The van der Waals surface area contributed by atoms with E-state index in [0.717, 1.165) is 0 Å². The van der Waals surface area contributed by atoms with E-state index in [-0.39, 0.29) is 28.1 Å². The van der Waals surface area contributed by atoms with E-state index in [2.05, 4.69) is 4.98 Å². The van der Waals surface area contributed by atoms with Gasteiger partial charge in [0.05, 0.1) is 22.5 Å². The van der Waals surface area contributed by atoms with Crippen LogP contribution in [0.4, 0.5) is 13.2 Å². The number of alkyl halides is 3. The van der Waals surface area contributed by atoms with Crippen LogP contribution in [-0.2, 0) is 16.4 Å². The summed E-state index contributed by atoms with van der Waals surface area (Å²) >= 11 is 0. The van der Waals surface area contributed by atoms with Gasteiger partial charge in [0, 0.05) is 18.7 Å². The SMILES string of the molecule is CN(C(=O)c1ccc2c(c1)[nH]c(=O)n2CC(F)(F)F)C1CCS(=O)(=O)C1. The third-order valence-corrected chi connectivity index (χ3v) is 6.19. The topological polar surface area (TPSA) is 92.2 Å². The number of rotatable bonds is 3. The highest BCUT2D eigenvalue weighted by molar-refractivity contribution is 7.91. The lowest BCUT2D eigenvalue weighted by Gasteiger charge is -2.23. The fourth-order valence-corrected chi connectivity index (χ4v) is 4.86. The monoisotopic (exact) mass is 391 g/mol. The Bertz CT molecular complexity index is 1020. The molecule has 1 aromatic heterocycles. The van der Waals surface area contributed by atoms with Crippen LogP contribution in [0.5, 0.6) is 0 Å². The third kappa shape index (κ3) is 3.62. The summed E-state index contributed by atoms with van der Waals surface area (Å²) in [4.78, 5) is 27.9. The summed E-state index contributed by atoms with van der Waals surface area (Å²) in [6.07, 6.45) is -4.22. The molecule has 1 fully saturated rings. The molecule has 142 valence electrons. The second-order valence-corrected chi connectivity index (χ2v) is 8.57. The number of hydrogen-bond acceptors (Lipinski definition) is 4. The van der Waals surface area contributed by atoms with Gasteiger partial charge < -0.3 is 9.88 Å². The Labute approximate surface area is 146 Å². The van der Waals surface area contributed by atoms with Crippen molar-refractivity contribution in [2.75, 3.05) is 18.6 Å². The molecule has 0 bridgehead atoms. The molecule has 1 amide bonds. The number of nitrogens with one attached hydrogen (secondary N) is 1. The van der Waals surface area contributed by atoms with Crippen molar-refractivity contribution in [3.63, 3.8) is 0 Å². The summed E-state index contributed by atoms with van der Waals surface area (Å²) in [6, 6.07) is 3.44. The highest BCUT2D eigenvalue weighted by Crippen LogP contribution is 2.22. The van der Waals surface area contributed by atoms with Crippen molar-refractivity contribution < 1.29 is 26.4 Å². The van der Waals surface area contributed by atoms with Gasteiger partial charge in [0.25, 0.3) is 5.91 Å². The molecule has 2 heterocycles. The first-order valence-electron chi connectivity index (χ1n) is 7.74. The number of nitrogens with zero attached hydrogens (tertiary/aromatic N) is 2. The molecule has 1 N–H and O–H groups in total. The minimum atomic E-state index is -4.55. The van der Waals surface area contributed by atoms with Crippen LogP contribution in [0.25, 0.3) is 11.0 Å². The summed E-state index contributed by atoms with van der Waals surface area (Å²) in [5.74, 6) is -0.559. The molecule has 0 spiro atoms. The number of benzene rings is 1. The molecule has 1 unspecified atom stereocenters. The third-order valence-electron chi connectivity index (χ3n) is 4.43. The van der Waals surface area contributed by atoms with Crippen LogP contribution in [0.3, 0.4) is 0 Å². The molecule has 1 aliphatic rings. The van der Waals surface area contributed by atoms with E-state index in [4.69, 9.17) is 0 Å². The summed E-state index contributed by atoms with van der Waals surface area (Å²) in [6.45, 7) is -1.43. The van der Waals surface area contributed by atoms with E-state index in [9.17, 15) is 31.2 Å². The lowest BCUT2D eigenvalue weighted by Crippen LogP contribution is -2.37. The molecule has 1 aromatic carbocycles. The minimum Gasteiger partial charge on any atom is -0.338 e. The first-order chi connectivity index (χ1) is 12.0. The zero-order valence-corrected chi connectivity index (χ0v) is 14.5. The lowest BCUT2D eigenvalue weighted by atomic mass is 10.1. The number of hydrogen-bond donors (Lipinski definition) is 1. The van der Waals surface area contributed by atoms with E-state index < -0.39 is 40.2 Å². The Balaban J connectivity index is 1.90. The minimum absolute atomic E-state index is 0.0158. The van der Waals surface area contributed by atoms with Gasteiger partial charge in [0.15, 0.2) is 9.84 Å². The quantitative estimate of drug-likeness (QED) is 0.850. The smallest absolute Gasteiger partial charge is 0.338 e. The molecule has 26 heavy (non-hydrogen) atoms. The first-order valence-corrected chi connectivity index (χ1v) is 9.56. The second-order valence-electron chi connectivity index (χ2n) is 6.34. The molecule has 7 nitrogen and oxygen atoms in total. The molecule has 1 aliphatic heterocycles. The highest BCUT2D eigenvalue weighted by Gasteiger charge is 2.33. The van der Waals surface area contributed by atoms with Crippen molar-refractivity contribution in [2.45, 2.75) is 25.2 Å². The predicted octanol–water partition coefficient (Wildman–Crippen LogP) is 1.15. The van der Waals surface area contributed by atoms with Crippen LogP contribution < -0.4 is 5.69 Å². The van der Waals surface area contributed by atoms with E-state index in [1.54, 1.807) is 0 Å². The normalized spacial score (nSPS) is 19.8. The molecule has 1 atom stereocenters. The van der Waals surface area contributed by atoms with Gasteiger partial charge in [-0.25, -0.2) is 13.2 Å². The number of sulfone groups is 1. The van der Waals surface area contributed by atoms with Crippen LogP contribution >= 0.6 is 0 Å². The Morgan fingerprint density at radius 2 is 2.08 bits per heavy atom. The molecule has 0 saturated carbocycles. The van der Waals surface area contributed by atoms with Crippen LogP contribution in [0, 0.1) is 0 Å². The molecule has 1 saturated heterocycles. The largest absolute Gasteiger partial charge is 0.406 e. The highest BCUT2D eigenvalue weighted by atomic mass is 32.2. The fourth-order valence-electron chi connectivity index (χ4n) is 3.08. The standard InChI is InChI=1S/C15H16F3N3O4S/c1-20(10-4-5-26(24,25)7-10)13(22)9-2-3-12-11(6-9)19-14(23)21(12)8-15(16,17)18/h2-3,6,10H,4-5,7-8H2,1H3,(H,19,23). The number of amides is 1. The number of halogens is 3. The Morgan fingerprint density at radius 3 is 2.65 bits per heavy atom. The average molecular weight is 391 g/mol. The lowest BCUT2D eigenvalue weighted by molar-refractivity contribution is -0.140. The average Bonchev–Trinajstić information content (AvgIpc) is 3.04.